The SMILES string of the molecule is CCC1CCC(NC(=O)Nc2nccs2)(C(=O)O)CC1. The van der Waals surface area contributed by atoms with Crippen molar-refractivity contribution in [2.24, 2.45) is 5.92 Å². The third kappa shape index (κ3) is 3.27. The fraction of sp³-hybridized carbons (Fsp3) is 0.615. The van der Waals surface area contributed by atoms with E-state index in [4.69, 9.17) is 0 Å². The number of nitrogens with zero attached hydrogens (tertiary/aromatic N) is 1. The monoisotopic (exact) mass is 297 g/mol. The summed E-state index contributed by atoms with van der Waals surface area (Å²) in [6, 6.07) is -0.503. The van der Waals surface area contributed by atoms with Gasteiger partial charge >= 0.3 is 12.0 Å². The summed E-state index contributed by atoms with van der Waals surface area (Å²) in [7, 11) is 0. The first-order chi connectivity index (χ1) is 9.55. The fourth-order valence-corrected chi connectivity index (χ4v) is 3.13. The van der Waals surface area contributed by atoms with Crippen molar-refractivity contribution in [2.45, 2.75) is 44.6 Å². The molecule has 0 saturated heterocycles. The highest BCUT2D eigenvalue weighted by Crippen LogP contribution is 2.34. The van der Waals surface area contributed by atoms with Crippen molar-refractivity contribution in [3.05, 3.63) is 11.6 Å². The summed E-state index contributed by atoms with van der Waals surface area (Å²) in [4.78, 5) is 27.4. The average Bonchev–Trinajstić information content (AvgIpc) is 2.92. The molecule has 20 heavy (non-hydrogen) atoms. The highest BCUT2D eigenvalue weighted by molar-refractivity contribution is 7.13. The van der Waals surface area contributed by atoms with E-state index in [1.54, 1.807) is 11.6 Å². The largest absolute Gasteiger partial charge is 0.480 e. The third-order valence-corrected chi connectivity index (χ3v) is 4.64. The number of thiazole rings is 1. The second kappa shape index (κ2) is 6.21. The molecule has 2 rings (SSSR count). The lowest BCUT2D eigenvalue weighted by atomic mass is 9.75. The molecule has 0 spiro atoms. The van der Waals surface area contributed by atoms with E-state index in [0.717, 1.165) is 19.3 Å². The topological polar surface area (TPSA) is 91.3 Å². The number of carboxylic acid groups (broad SMARTS) is 1. The lowest BCUT2D eigenvalue weighted by Crippen LogP contribution is -2.57. The van der Waals surface area contributed by atoms with Crippen molar-refractivity contribution in [1.82, 2.24) is 10.3 Å². The number of aliphatic carboxylic acids is 1. The predicted molar refractivity (Wildman–Crippen MR) is 76.9 cm³/mol. The quantitative estimate of drug-likeness (QED) is 0.796. The van der Waals surface area contributed by atoms with E-state index in [-0.39, 0.29) is 0 Å². The van der Waals surface area contributed by atoms with Crippen LogP contribution in [0.1, 0.15) is 39.0 Å². The van der Waals surface area contributed by atoms with E-state index in [1.807, 2.05) is 0 Å². The molecule has 0 bridgehead atoms. The van der Waals surface area contributed by atoms with E-state index < -0.39 is 17.5 Å². The summed E-state index contributed by atoms with van der Waals surface area (Å²) >= 11 is 1.29. The molecule has 1 aromatic heterocycles. The van der Waals surface area contributed by atoms with Gasteiger partial charge < -0.3 is 10.4 Å². The summed E-state index contributed by atoms with van der Waals surface area (Å²) in [6.45, 7) is 2.11. The number of carboxylic acids is 1. The maximum Gasteiger partial charge on any atom is 0.329 e. The third-order valence-electron chi connectivity index (χ3n) is 3.95. The van der Waals surface area contributed by atoms with Gasteiger partial charge in [-0.2, -0.15) is 0 Å². The first kappa shape index (κ1) is 14.8. The van der Waals surface area contributed by atoms with Gasteiger partial charge in [0, 0.05) is 11.6 Å². The Labute approximate surface area is 121 Å². The Bertz CT molecular complexity index is 467. The second-order valence-corrected chi connectivity index (χ2v) is 6.05. The number of aromatic nitrogens is 1. The van der Waals surface area contributed by atoms with Crippen LogP contribution in [0.25, 0.3) is 0 Å². The molecular formula is C13H19N3O3S. The molecule has 1 aliphatic carbocycles. The van der Waals surface area contributed by atoms with E-state index in [9.17, 15) is 14.7 Å². The number of urea groups is 1. The van der Waals surface area contributed by atoms with Crippen molar-refractivity contribution in [1.29, 1.82) is 0 Å². The summed E-state index contributed by atoms with van der Waals surface area (Å²) < 4.78 is 0. The summed E-state index contributed by atoms with van der Waals surface area (Å²) in [5.41, 5.74) is -1.15. The normalized spacial score (nSPS) is 25.9. The number of nitrogens with one attached hydrogen (secondary N) is 2. The lowest BCUT2D eigenvalue weighted by molar-refractivity contribution is -0.146. The molecule has 2 amide bonds. The molecule has 0 radical (unpaired) electrons. The Morgan fingerprint density at radius 1 is 1.50 bits per heavy atom. The van der Waals surface area contributed by atoms with Crippen LogP contribution in [0.2, 0.25) is 0 Å². The molecule has 0 unspecified atom stereocenters. The smallest absolute Gasteiger partial charge is 0.329 e. The van der Waals surface area contributed by atoms with Crippen LogP contribution in [0.5, 0.6) is 0 Å². The van der Waals surface area contributed by atoms with Crippen LogP contribution in [0, 0.1) is 5.92 Å². The number of hydrogen-bond donors (Lipinski definition) is 3. The minimum atomic E-state index is -1.15. The number of carbonyl (C=O) groups is 2. The average molecular weight is 297 g/mol. The van der Waals surface area contributed by atoms with Crippen molar-refractivity contribution in [3.63, 3.8) is 0 Å². The standard InChI is InChI=1S/C13H19N3O3S/c1-2-9-3-5-13(6-4-9,10(17)18)16-11(19)15-12-14-7-8-20-12/h7-9H,2-6H2,1H3,(H,17,18)(H2,14,15,16,19). The Morgan fingerprint density at radius 3 is 2.70 bits per heavy atom. The highest BCUT2D eigenvalue weighted by Gasteiger charge is 2.43. The van der Waals surface area contributed by atoms with Crippen LogP contribution in [-0.4, -0.2) is 27.6 Å². The first-order valence-corrected chi connectivity index (χ1v) is 7.66. The first-order valence-electron chi connectivity index (χ1n) is 6.78. The van der Waals surface area contributed by atoms with Crippen molar-refractivity contribution >= 4 is 28.5 Å². The number of anilines is 1. The van der Waals surface area contributed by atoms with Gasteiger partial charge in [0.25, 0.3) is 0 Å². The van der Waals surface area contributed by atoms with Crippen molar-refractivity contribution in [2.75, 3.05) is 5.32 Å². The van der Waals surface area contributed by atoms with Gasteiger partial charge in [-0.1, -0.05) is 13.3 Å². The van der Waals surface area contributed by atoms with Crippen LogP contribution in [0.3, 0.4) is 0 Å². The number of hydrogen-bond acceptors (Lipinski definition) is 4. The van der Waals surface area contributed by atoms with Crippen LogP contribution in [0.4, 0.5) is 9.93 Å². The van der Waals surface area contributed by atoms with Gasteiger partial charge in [-0.15, -0.1) is 11.3 Å². The molecule has 1 aliphatic rings. The number of carbonyl (C=O) groups excluding carboxylic acids is 1. The van der Waals surface area contributed by atoms with Crippen LogP contribution < -0.4 is 10.6 Å². The van der Waals surface area contributed by atoms with E-state index in [0.29, 0.717) is 23.9 Å². The second-order valence-electron chi connectivity index (χ2n) is 5.16. The minimum absolute atomic E-state index is 0.463. The van der Waals surface area contributed by atoms with Gasteiger partial charge in [0.1, 0.15) is 5.54 Å². The van der Waals surface area contributed by atoms with Crippen molar-refractivity contribution in [3.8, 4) is 0 Å². The maximum absolute atomic E-state index is 11.9. The van der Waals surface area contributed by atoms with Crippen LogP contribution in [0.15, 0.2) is 11.6 Å². The summed E-state index contributed by atoms with van der Waals surface area (Å²) in [6.07, 6.45) is 5.26. The Hall–Kier alpha value is -1.63. The van der Waals surface area contributed by atoms with Gasteiger partial charge in [-0.05, 0) is 31.6 Å². The molecule has 0 atom stereocenters. The molecule has 1 saturated carbocycles. The van der Waals surface area contributed by atoms with Gasteiger partial charge in [0.15, 0.2) is 5.13 Å². The molecule has 3 N–H and O–H groups in total. The van der Waals surface area contributed by atoms with E-state index in [2.05, 4.69) is 22.5 Å². The van der Waals surface area contributed by atoms with Crippen LogP contribution in [-0.2, 0) is 4.79 Å². The molecule has 0 aliphatic heterocycles. The van der Waals surface area contributed by atoms with Crippen molar-refractivity contribution < 1.29 is 14.7 Å². The molecule has 6 nitrogen and oxygen atoms in total. The highest BCUT2D eigenvalue weighted by atomic mass is 32.1. The molecule has 7 heteroatoms. The lowest BCUT2D eigenvalue weighted by Gasteiger charge is -2.37. The zero-order chi connectivity index (χ0) is 14.6. The zero-order valence-electron chi connectivity index (χ0n) is 11.4. The van der Waals surface area contributed by atoms with Gasteiger partial charge in [0.05, 0.1) is 0 Å². The van der Waals surface area contributed by atoms with Gasteiger partial charge in [0.2, 0.25) is 0 Å². The molecule has 1 fully saturated rings. The van der Waals surface area contributed by atoms with Gasteiger partial charge in [-0.25, -0.2) is 14.6 Å². The summed E-state index contributed by atoms with van der Waals surface area (Å²) in [5, 5.41) is 16.9. The zero-order valence-corrected chi connectivity index (χ0v) is 12.2. The molecule has 1 heterocycles. The predicted octanol–water partition coefficient (Wildman–Crippen LogP) is 2.69. The minimum Gasteiger partial charge on any atom is -0.480 e. The molecule has 110 valence electrons. The molecular weight excluding hydrogens is 278 g/mol. The maximum atomic E-state index is 11.9. The summed E-state index contributed by atoms with van der Waals surface area (Å²) in [5.74, 6) is -0.396. The molecule has 0 aromatic carbocycles. The Morgan fingerprint density at radius 2 is 2.20 bits per heavy atom. The van der Waals surface area contributed by atoms with Crippen LogP contribution >= 0.6 is 11.3 Å². The Kier molecular flexibility index (Phi) is 4.59. The fourth-order valence-electron chi connectivity index (χ4n) is 2.60. The molecule has 1 aromatic rings. The number of amides is 2. The van der Waals surface area contributed by atoms with E-state index >= 15 is 0 Å². The van der Waals surface area contributed by atoms with Gasteiger partial charge in [-0.3, -0.25) is 5.32 Å². The Balaban J connectivity index is 1.99. The van der Waals surface area contributed by atoms with E-state index in [1.165, 1.54) is 11.3 Å². The number of rotatable bonds is 4.